The second-order valence-corrected chi connectivity index (χ2v) is 2.89. The minimum atomic E-state index is 0. The fourth-order valence-electron chi connectivity index (χ4n) is 0.877. The zero-order chi connectivity index (χ0) is 9.78. The lowest BCUT2D eigenvalue weighted by Gasteiger charge is -2.04. The Balaban J connectivity index is -0.000000720. The van der Waals surface area contributed by atoms with Gasteiger partial charge in [0.15, 0.2) is 0 Å². The van der Waals surface area contributed by atoms with E-state index in [0.717, 1.165) is 39.1 Å². The minimum absolute atomic E-state index is 0. The molecule has 4 heteroatoms. The first-order chi connectivity index (χ1) is 6.41. The molecule has 0 aliphatic heterocycles. The largest absolute Gasteiger partial charge is 0.379 e. The van der Waals surface area contributed by atoms with E-state index in [1.807, 2.05) is 7.05 Å². The van der Waals surface area contributed by atoms with Crippen molar-refractivity contribution in [3.63, 3.8) is 0 Å². The van der Waals surface area contributed by atoms with E-state index in [1.54, 1.807) is 0 Å². The first kappa shape index (κ1) is 20.3. The molecule has 0 amide bonds. The SMILES string of the molecule is C.CNCCCOCCOCCC[NH3+].[CH3-]. The van der Waals surface area contributed by atoms with Crippen LogP contribution in [0.25, 0.3) is 0 Å². The molecule has 0 aliphatic carbocycles. The predicted octanol–water partition coefficient (Wildman–Crippen LogP) is 0.347. The van der Waals surface area contributed by atoms with E-state index in [9.17, 15) is 0 Å². The maximum atomic E-state index is 5.34. The van der Waals surface area contributed by atoms with Gasteiger partial charge in [-0.05, 0) is 20.0 Å². The van der Waals surface area contributed by atoms with E-state index in [1.165, 1.54) is 0 Å². The van der Waals surface area contributed by atoms with Gasteiger partial charge in [-0.2, -0.15) is 0 Å². The number of quaternary nitrogens is 1. The van der Waals surface area contributed by atoms with Crippen LogP contribution in [0.5, 0.6) is 0 Å². The highest BCUT2D eigenvalue weighted by Crippen LogP contribution is 1.83. The lowest BCUT2D eigenvalue weighted by Crippen LogP contribution is -2.50. The first-order valence-electron chi connectivity index (χ1n) is 5.01. The Bertz CT molecular complexity index is 82.7. The van der Waals surface area contributed by atoms with Crippen LogP contribution in [0.4, 0.5) is 0 Å². The van der Waals surface area contributed by atoms with Gasteiger partial charge >= 0.3 is 0 Å². The van der Waals surface area contributed by atoms with Crippen LogP contribution in [0.3, 0.4) is 0 Å². The summed E-state index contributed by atoms with van der Waals surface area (Å²) in [6.45, 7) is 5.01. The van der Waals surface area contributed by atoms with Crippen molar-refractivity contribution in [2.24, 2.45) is 0 Å². The summed E-state index contributed by atoms with van der Waals surface area (Å²) in [4.78, 5) is 0. The molecule has 0 aromatic rings. The second-order valence-electron chi connectivity index (χ2n) is 2.89. The maximum Gasteiger partial charge on any atom is 0.0762 e. The van der Waals surface area contributed by atoms with Crippen LogP contribution < -0.4 is 11.1 Å². The van der Waals surface area contributed by atoms with E-state index in [2.05, 4.69) is 11.1 Å². The molecule has 4 nitrogen and oxygen atoms in total. The summed E-state index contributed by atoms with van der Waals surface area (Å²) in [5, 5.41) is 3.07. The number of nitrogens with one attached hydrogen (secondary N) is 1. The fraction of sp³-hybridized carbons (Fsp3) is 0.909. The normalized spacial score (nSPS) is 9.20. The van der Waals surface area contributed by atoms with E-state index in [4.69, 9.17) is 9.47 Å². The smallest absolute Gasteiger partial charge is 0.0762 e. The third-order valence-electron chi connectivity index (χ3n) is 1.63. The Hall–Kier alpha value is -0.160. The molecular formula is C11H30N2O2. The van der Waals surface area contributed by atoms with Gasteiger partial charge in [0.2, 0.25) is 0 Å². The quantitative estimate of drug-likeness (QED) is 0.414. The third-order valence-corrected chi connectivity index (χ3v) is 1.63. The molecule has 0 radical (unpaired) electrons. The van der Waals surface area contributed by atoms with Gasteiger partial charge in [-0.15, -0.1) is 0 Å². The Morgan fingerprint density at radius 3 is 2.00 bits per heavy atom. The molecule has 0 bridgehead atoms. The first-order valence-corrected chi connectivity index (χ1v) is 5.01. The zero-order valence-electron chi connectivity index (χ0n) is 9.68. The average Bonchev–Trinajstić information content (AvgIpc) is 2.16. The van der Waals surface area contributed by atoms with E-state index >= 15 is 0 Å². The second kappa shape index (κ2) is 19.4. The van der Waals surface area contributed by atoms with E-state index in [0.29, 0.717) is 13.2 Å². The van der Waals surface area contributed by atoms with Gasteiger partial charge in [-0.25, -0.2) is 0 Å². The van der Waals surface area contributed by atoms with Crippen molar-refractivity contribution < 1.29 is 15.2 Å². The van der Waals surface area contributed by atoms with Gasteiger partial charge in [-0.1, -0.05) is 7.43 Å². The summed E-state index contributed by atoms with van der Waals surface area (Å²) in [6, 6.07) is 0. The molecule has 0 saturated carbocycles. The van der Waals surface area contributed by atoms with E-state index < -0.39 is 0 Å². The molecule has 0 aliphatic rings. The Morgan fingerprint density at radius 2 is 1.53 bits per heavy atom. The monoisotopic (exact) mass is 222 g/mol. The molecule has 0 atom stereocenters. The topological polar surface area (TPSA) is 58.1 Å². The van der Waals surface area contributed by atoms with Crippen molar-refractivity contribution in [1.82, 2.24) is 5.32 Å². The van der Waals surface area contributed by atoms with Crippen molar-refractivity contribution in [2.75, 3.05) is 46.6 Å². The molecule has 96 valence electrons. The third kappa shape index (κ3) is 20.0. The Labute approximate surface area is 95.5 Å². The van der Waals surface area contributed by atoms with Crippen molar-refractivity contribution in [1.29, 1.82) is 0 Å². The molecule has 0 unspecified atom stereocenters. The summed E-state index contributed by atoms with van der Waals surface area (Å²) in [5.74, 6) is 0. The number of ether oxygens (including phenoxy) is 2. The molecule has 4 N–H and O–H groups in total. The molecular weight excluding hydrogens is 192 g/mol. The summed E-state index contributed by atoms with van der Waals surface area (Å²) in [7, 11) is 1.95. The van der Waals surface area contributed by atoms with Gasteiger partial charge in [0.1, 0.15) is 0 Å². The number of hydrogen-bond donors (Lipinski definition) is 2. The number of rotatable bonds is 10. The molecule has 0 rings (SSSR count). The van der Waals surface area contributed by atoms with Crippen LogP contribution in [0.2, 0.25) is 0 Å². The number of hydrogen-bond acceptors (Lipinski definition) is 3. The summed E-state index contributed by atoms with van der Waals surface area (Å²) in [6.07, 6.45) is 2.11. The fourth-order valence-corrected chi connectivity index (χ4v) is 0.877. The molecule has 0 heterocycles. The summed E-state index contributed by atoms with van der Waals surface area (Å²) >= 11 is 0. The Kier molecular flexibility index (Phi) is 26.2. The summed E-state index contributed by atoms with van der Waals surface area (Å²) < 4.78 is 10.6. The van der Waals surface area contributed by atoms with Crippen LogP contribution in [-0.2, 0) is 9.47 Å². The lowest BCUT2D eigenvalue weighted by molar-refractivity contribution is -0.369. The van der Waals surface area contributed by atoms with E-state index in [-0.39, 0.29) is 14.9 Å². The summed E-state index contributed by atoms with van der Waals surface area (Å²) in [5.41, 5.74) is 3.74. The van der Waals surface area contributed by atoms with Crippen molar-refractivity contribution in [3.8, 4) is 0 Å². The average molecular weight is 222 g/mol. The molecule has 0 saturated heterocycles. The van der Waals surface area contributed by atoms with Crippen molar-refractivity contribution in [2.45, 2.75) is 20.3 Å². The van der Waals surface area contributed by atoms with Crippen LogP contribution in [0, 0.1) is 7.43 Å². The van der Waals surface area contributed by atoms with Crippen molar-refractivity contribution in [3.05, 3.63) is 7.43 Å². The van der Waals surface area contributed by atoms with Crippen LogP contribution in [-0.4, -0.2) is 46.6 Å². The predicted molar refractivity (Wildman–Crippen MR) is 65.7 cm³/mol. The standard InChI is InChI=1S/C9H22N2O2.CH4.CH3/c1-11-5-3-7-13-9-8-12-6-2-4-10;;/h11H,2-10H2,1H3;1H4;1H3/q;;-1/p+1. The van der Waals surface area contributed by atoms with Gasteiger partial charge < -0.3 is 28.0 Å². The minimum Gasteiger partial charge on any atom is -0.379 e. The van der Waals surface area contributed by atoms with Crippen molar-refractivity contribution >= 4 is 0 Å². The van der Waals surface area contributed by atoms with Gasteiger partial charge in [0.25, 0.3) is 0 Å². The zero-order valence-corrected chi connectivity index (χ0v) is 9.68. The molecule has 15 heavy (non-hydrogen) atoms. The van der Waals surface area contributed by atoms with Crippen LogP contribution >= 0.6 is 0 Å². The maximum absolute atomic E-state index is 5.34. The van der Waals surface area contributed by atoms with Gasteiger partial charge in [0.05, 0.1) is 26.4 Å². The molecule has 0 fully saturated rings. The Morgan fingerprint density at radius 1 is 1.00 bits per heavy atom. The van der Waals surface area contributed by atoms with Crippen LogP contribution in [0.1, 0.15) is 20.3 Å². The highest BCUT2D eigenvalue weighted by atomic mass is 16.5. The lowest BCUT2D eigenvalue weighted by atomic mass is 10.4. The molecule has 0 aromatic carbocycles. The highest BCUT2D eigenvalue weighted by Gasteiger charge is 1.90. The van der Waals surface area contributed by atoms with Gasteiger partial charge in [0, 0.05) is 13.0 Å². The van der Waals surface area contributed by atoms with Crippen LogP contribution in [0.15, 0.2) is 0 Å². The highest BCUT2D eigenvalue weighted by molar-refractivity contribution is 4.39. The molecule has 0 aromatic heterocycles. The van der Waals surface area contributed by atoms with Gasteiger partial charge in [-0.3, -0.25) is 0 Å². The molecule has 0 spiro atoms.